The summed E-state index contributed by atoms with van der Waals surface area (Å²) in [6.45, 7) is 11.1. The maximum Gasteiger partial charge on any atom is 0.00980 e. The number of rotatable bonds is 3. The lowest BCUT2D eigenvalue weighted by atomic mass is 9.91. The predicted octanol–water partition coefficient (Wildman–Crippen LogP) is 2.74. The fourth-order valence-electron chi connectivity index (χ4n) is 3.92. The van der Waals surface area contributed by atoms with Gasteiger partial charge in [0.25, 0.3) is 0 Å². The monoisotopic (exact) mass is 238 g/mol. The molecule has 1 heterocycles. The highest BCUT2D eigenvalue weighted by Gasteiger charge is 2.36. The van der Waals surface area contributed by atoms with E-state index in [2.05, 4.69) is 38.0 Å². The minimum absolute atomic E-state index is 0.556. The molecule has 1 saturated carbocycles. The van der Waals surface area contributed by atoms with E-state index in [1.54, 1.807) is 0 Å². The van der Waals surface area contributed by atoms with E-state index in [0.717, 1.165) is 17.9 Å². The fourth-order valence-corrected chi connectivity index (χ4v) is 3.92. The van der Waals surface area contributed by atoms with Gasteiger partial charge in [-0.1, -0.05) is 20.8 Å². The summed E-state index contributed by atoms with van der Waals surface area (Å²) in [6, 6.07) is 0.761. The molecule has 0 aromatic carbocycles. The second-order valence-electron chi connectivity index (χ2n) is 7.33. The van der Waals surface area contributed by atoms with Crippen LogP contribution in [0.25, 0.3) is 0 Å². The third-order valence-electron chi connectivity index (χ3n) is 4.72. The van der Waals surface area contributed by atoms with Gasteiger partial charge in [-0.25, -0.2) is 0 Å². The van der Waals surface area contributed by atoms with Crippen molar-refractivity contribution >= 4 is 0 Å². The van der Waals surface area contributed by atoms with Crippen molar-refractivity contribution in [2.75, 3.05) is 26.7 Å². The van der Waals surface area contributed by atoms with E-state index in [1.807, 2.05) is 0 Å². The van der Waals surface area contributed by atoms with E-state index in [0.29, 0.717) is 5.41 Å². The van der Waals surface area contributed by atoms with Crippen LogP contribution in [-0.4, -0.2) is 37.6 Å². The van der Waals surface area contributed by atoms with E-state index in [4.69, 9.17) is 0 Å². The molecule has 3 unspecified atom stereocenters. The van der Waals surface area contributed by atoms with Gasteiger partial charge in [0.15, 0.2) is 0 Å². The first-order chi connectivity index (χ1) is 7.96. The van der Waals surface area contributed by atoms with E-state index in [-0.39, 0.29) is 0 Å². The van der Waals surface area contributed by atoms with Gasteiger partial charge in [0, 0.05) is 12.6 Å². The van der Waals surface area contributed by atoms with Gasteiger partial charge in [-0.3, -0.25) is 0 Å². The maximum atomic E-state index is 3.85. The molecule has 2 fully saturated rings. The van der Waals surface area contributed by atoms with Gasteiger partial charge in [0.1, 0.15) is 0 Å². The SMILES string of the molecule is CC1CC(C)(C)CC1NCC1CCCN(C)C1. The molecular weight excluding hydrogens is 208 g/mol. The van der Waals surface area contributed by atoms with Crippen molar-refractivity contribution in [3.63, 3.8) is 0 Å². The Kier molecular flexibility index (Phi) is 4.14. The Morgan fingerprint density at radius 1 is 1.29 bits per heavy atom. The molecule has 2 nitrogen and oxygen atoms in total. The van der Waals surface area contributed by atoms with Crippen LogP contribution < -0.4 is 5.32 Å². The van der Waals surface area contributed by atoms with Crippen LogP contribution in [0, 0.1) is 17.3 Å². The van der Waals surface area contributed by atoms with Gasteiger partial charge in [0.05, 0.1) is 0 Å². The molecule has 2 rings (SSSR count). The van der Waals surface area contributed by atoms with E-state index in [1.165, 1.54) is 45.3 Å². The Balaban J connectivity index is 1.75. The molecule has 0 aromatic rings. The normalized spacial score (nSPS) is 38.5. The zero-order chi connectivity index (χ0) is 12.5. The summed E-state index contributed by atoms with van der Waals surface area (Å²) in [5.74, 6) is 1.73. The minimum atomic E-state index is 0.556. The zero-order valence-electron chi connectivity index (χ0n) is 12.1. The van der Waals surface area contributed by atoms with Crippen LogP contribution in [0.3, 0.4) is 0 Å². The molecule has 2 heteroatoms. The molecule has 0 aromatic heterocycles. The first-order valence-electron chi connectivity index (χ1n) is 7.38. The summed E-state index contributed by atoms with van der Waals surface area (Å²) in [5, 5.41) is 3.85. The highest BCUT2D eigenvalue weighted by Crippen LogP contribution is 2.40. The van der Waals surface area contributed by atoms with Crippen molar-refractivity contribution in [2.45, 2.75) is 52.5 Å². The molecular formula is C15H30N2. The molecule has 2 aliphatic rings. The number of nitrogens with one attached hydrogen (secondary N) is 1. The number of nitrogens with zero attached hydrogens (tertiary/aromatic N) is 1. The van der Waals surface area contributed by atoms with E-state index < -0.39 is 0 Å². The van der Waals surface area contributed by atoms with Crippen LogP contribution in [0.2, 0.25) is 0 Å². The van der Waals surface area contributed by atoms with Crippen LogP contribution in [-0.2, 0) is 0 Å². The first-order valence-corrected chi connectivity index (χ1v) is 7.38. The van der Waals surface area contributed by atoms with Gasteiger partial charge in [-0.15, -0.1) is 0 Å². The standard InChI is InChI=1S/C15H30N2/c1-12-8-15(2,3)9-14(12)16-10-13-6-5-7-17(4)11-13/h12-14,16H,5-11H2,1-4H3. The van der Waals surface area contributed by atoms with Crippen LogP contribution >= 0.6 is 0 Å². The van der Waals surface area contributed by atoms with Crippen molar-refractivity contribution in [3.05, 3.63) is 0 Å². The Morgan fingerprint density at radius 3 is 2.65 bits per heavy atom. The van der Waals surface area contributed by atoms with Gasteiger partial charge < -0.3 is 10.2 Å². The molecule has 0 radical (unpaired) electrons. The lowest BCUT2D eigenvalue weighted by Gasteiger charge is -2.31. The summed E-state index contributed by atoms with van der Waals surface area (Å²) < 4.78 is 0. The molecule has 0 spiro atoms. The lowest BCUT2D eigenvalue weighted by molar-refractivity contribution is 0.199. The van der Waals surface area contributed by atoms with Crippen molar-refractivity contribution in [1.82, 2.24) is 10.2 Å². The van der Waals surface area contributed by atoms with Crippen LogP contribution in [0.4, 0.5) is 0 Å². The Morgan fingerprint density at radius 2 is 2.06 bits per heavy atom. The average molecular weight is 238 g/mol. The summed E-state index contributed by atoms with van der Waals surface area (Å²) in [7, 11) is 2.26. The van der Waals surface area contributed by atoms with Gasteiger partial charge >= 0.3 is 0 Å². The Labute approximate surface area is 107 Å². The Hall–Kier alpha value is -0.0800. The topological polar surface area (TPSA) is 15.3 Å². The van der Waals surface area contributed by atoms with Gasteiger partial charge in [0.2, 0.25) is 0 Å². The van der Waals surface area contributed by atoms with E-state index in [9.17, 15) is 0 Å². The molecule has 1 aliphatic heterocycles. The quantitative estimate of drug-likeness (QED) is 0.813. The zero-order valence-corrected chi connectivity index (χ0v) is 12.1. The highest BCUT2D eigenvalue weighted by atomic mass is 15.1. The van der Waals surface area contributed by atoms with Crippen LogP contribution in [0.15, 0.2) is 0 Å². The molecule has 0 bridgehead atoms. The number of likely N-dealkylation sites (tertiary alicyclic amines) is 1. The van der Waals surface area contributed by atoms with Crippen molar-refractivity contribution in [3.8, 4) is 0 Å². The maximum absolute atomic E-state index is 3.85. The summed E-state index contributed by atoms with van der Waals surface area (Å²) in [4.78, 5) is 2.48. The third-order valence-corrected chi connectivity index (χ3v) is 4.72. The first kappa shape index (κ1) is 13.4. The Bertz CT molecular complexity index is 249. The van der Waals surface area contributed by atoms with Crippen molar-refractivity contribution in [2.24, 2.45) is 17.3 Å². The van der Waals surface area contributed by atoms with Crippen LogP contribution in [0.1, 0.15) is 46.5 Å². The van der Waals surface area contributed by atoms with Gasteiger partial charge in [-0.05, 0) is 63.1 Å². The smallest absolute Gasteiger partial charge is 0.00980 e. The third kappa shape index (κ3) is 3.69. The molecule has 100 valence electrons. The van der Waals surface area contributed by atoms with Crippen molar-refractivity contribution in [1.29, 1.82) is 0 Å². The van der Waals surface area contributed by atoms with E-state index >= 15 is 0 Å². The molecule has 3 atom stereocenters. The fraction of sp³-hybridized carbons (Fsp3) is 1.00. The second kappa shape index (κ2) is 5.27. The second-order valence-corrected chi connectivity index (χ2v) is 7.33. The van der Waals surface area contributed by atoms with Crippen molar-refractivity contribution < 1.29 is 0 Å². The summed E-state index contributed by atoms with van der Waals surface area (Å²) in [5.41, 5.74) is 0.556. The molecule has 0 amide bonds. The highest BCUT2D eigenvalue weighted by molar-refractivity contribution is 4.91. The number of piperidine rings is 1. The predicted molar refractivity (Wildman–Crippen MR) is 74.2 cm³/mol. The summed E-state index contributed by atoms with van der Waals surface area (Å²) >= 11 is 0. The minimum Gasteiger partial charge on any atom is -0.313 e. The molecule has 1 N–H and O–H groups in total. The largest absolute Gasteiger partial charge is 0.313 e. The summed E-state index contributed by atoms with van der Waals surface area (Å²) in [6.07, 6.45) is 5.54. The molecule has 1 saturated heterocycles. The average Bonchev–Trinajstić information content (AvgIpc) is 2.49. The molecule has 1 aliphatic carbocycles. The number of hydrogen-bond acceptors (Lipinski definition) is 2. The number of hydrogen-bond donors (Lipinski definition) is 1. The lowest BCUT2D eigenvalue weighted by Crippen LogP contribution is -2.41. The molecule has 17 heavy (non-hydrogen) atoms. The van der Waals surface area contributed by atoms with Gasteiger partial charge in [-0.2, -0.15) is 0 Å². The van der Waals surface area contributed by atoms with Crippen LogP contribution in [0.5, 0.6) is 0 Å².